The zero-order valence-corrected chi connectivity index (χ0v) is 17.1. The van der Waals surface area contributed by atoms with Crippen LogP contribution in [0.2, 0.25) is 0 Å². The minimum atomic E-state index is -0.0211. The second-order valence-corrected chi connectivity index (χ2v) is 7.68. The molecule has 4 heterocycles. The first-order chi connectivity index (χ1) is 14.8. The molecule has 0 spiro atoms. The average Bonchev–Trinajstić information content (AvgIpc) is 3.41. The number of pyridine rings is 2. The SMILES string of the molecule is S=C1NC(c2ccccn2)C(c2ccn(-c3ccccc3)c2)N1Cc1ccncc1. The molecule has 1 saturated heterocycles. The smallest absolute Gasteiger partial charge is 0.170 e. The van der Waals surface area contributed by atoms with Gasteiger partial charge < -0.3 is 14.8 Å². The van der Waals surface area contributed by atoms with Gasteiger partial charge in [0.15, 0.2) is 5.11 Å². The van der Waals surface area contributed by atoms with Crippen molar-refractivity contribution in [1.29, 1.82) is 0 Å². The van der Waals surface area contributed by atoms with Crippen LogP contribution in [0.15, 0.2) is 97.7 Å². The maximum atomic E-state index is 5.76. The Morgan fingerprint density at radius 2 is 1.70 bits per heavy atom. The second-order valence-electron chi connectivity index (χ2n) is 7.30. The Balaban J connectivity index is 1.54. The molecule has 2 unspecified atom stereocenters. The first-order valence-corrected chi connectivity index (χ1v) is 10.3. The maximum Gasteiger partial charge on any atom is 0.170 e. The minimum Gasteiger partial charge on any atom is -0.352 e. The third kappa shape index (κ3) is 3.57. The maximum absolute atomic E-state index is 5.76. The number of nitrogens with zero attached hydrogens (tertiary/aromatic N) is 4. The van der Waals surface area contributed by atoms with Gasteiger partial charge >= 0.3 is 0 Å². The summed E-state index contributed by atoms with van der Waals surface area (Å²) in [7, 11) is 0. The summed E-state index contributed by atoms with van der Waals surface area (Å²) in [6, 6.07) is 22.6. The molecule has 5 rings (SSSR count). The lowest BCUT2D eigenvalue weighted by Gasteiger charge is -2.27. The van der Waals surface area contributed by atoms with Crippen LogP contribution < -0.4 is 5.32 Å². The Morgan fingerprint density at radius 3 is 2.47 bits per heavy atom. The van der Waals surface area contributed by atoms with Crippen LogP contribution in [0.3, 0.4) is 0 Å². The zero-order chi connectivity index (χ0) is 20.3. The van der Waals surface area contributed by atoms with E-state index in [0.717, 1.165) is 16.5 Å². The minimum absolute atomic E-state index is 0.0211. The van der Waals surface area contributed by atoms with Crippen molar-refractivity contribution < 1.29 is 0 Å². The van der Waals surface area contributed by atoms with Crippen molar-refractivity contribution in [3.8, 4) is 5.69 Å². The fourth-order valence-electron chi connectivity index (χ4n) is 3.97. The van der Waals surface area contributed by atoms with Crippen LogP contribution >= 0.6 is 12.2 Å². The molecule has 3 aromatic heterocycles. The van der Waals surface area contributed by atoms with Crippen LogP contribution in [-0.4, -0.2) is 24.5 Å². The summed E-state index contributed by atoms with van der Waals surface area (Å²) in [5, 5.41) is 4.24. The lowest BCUT2D eigenvalue weighted by atomic mass is 9.99. The highest BCUT2D eigenvalue weighted by molar-refractivity contribution is 7.80. The molecule has 1 aliphatic heterocycles. The predicted molar refractivity (Wildman–Crippen MR) is 121 cm³/mol. The zero-order valence-electron chi connectivity index (χ0n) is 16.3. The van der Waals surface area contributed by atoms with Gasteiger partial charge in [0.05, 0.1) is 17.8 Å². The molecule has 2 atom stereocenters. The molecule has 6 heteroatoms. The van der Waals surface area contributed by atoms with Crippen LogP contribution in [0.5, 0.6) is 0 Å². The number of para-hydroxylation sites is 1. The number of thiocarbonyl (C=S) groups is 1. The molecule has 148 valence electrons. The van der Waals surface area contributed by atoms with Crippen LogP contribution in [0.1, 0.15) is 28.9 Å². The molecule has 1 fully saturated rings. The summed E-state index contributed by atoms with van der Waals surface area (Å²) in [5.41, 5.74) is 4.47. The number of hydrogen-bond acceptors (Lipinski definition) is 3. The molecule has 1 aliphatic rings. The Kier molecular flexibility index (Phi) is 4.99. The van der Waals surface area contributed by atoms with Crippen LogP contribution in [-0.2, 0) is 6.54 Å². The van der Waals surface area contributed by atoms with Gasteiger partial charge in [0, 0.05) is 43.2 Å². The Hall–Kier alpha value is -3.51. The van der Waals surface area contributed by atoms with Crippen molar-refractivity contribution in [2.45, 2.75) is 18.6 Å². The number of rotatable bonds is 5. The second kappa shape index (κ2) is 8.08. The number of aromatic nitrogens is 3. The molecule has 5 nitrogen and oxygen atoms in total. The normalized spacial score (nSPS) is 18.4. The molecule has 0 radical (unpaired) electrons. The van der Waals surface area contributed by atoms with Crippen LogP contribution in [0.25, 0.3) is 5.69 Å². The Morgan fingerprint density at radius 1 is 0.900 bits per heavy atom. The highest BCUT2D eigenvalue weighted by atomic mass is 32.1. The summed E-state index contributed by atoms with van der Waals surface area (Å²) < 4.78 is 2.15. The van der Waals surface area contributed by atoms with Gasteiger partial charge in [-0.25, -0.2) is 0 Å². The van der Waals surface area contributed by atoms with Crippen molar-refractivity contribution in [3.05, 3.63) is 115 Å². The van der Waals surface area contributed by atoms with Gasteiger partial charge in [-0.05, 0) is 65.8 Å². The van der Waals surface area contributed by atoms with Crippen molar-refractivity contribution >= 4 is 17.3 Å². The summed E-state index contributed by atoms with van der Waals surface area (Å²) in [5.74, 6) is 0. The average molecular weight is 412 g/mol. The van der Waals surface area contributed by atoms with E-state index < -0.39 is 0 Å². The van der Waals surface area contributed by atoms with Gasteiger partial charge in [0.1, 0.15) is 0 Å². The largest absolute Gasteiger partial charge is 0.352 e. The molecule has 1 N–H and O–H groups in total. The quantitative estimate of drug-likeness (QED) is 0.492. The van der Waals surface area contributed by atoms with Gasteiger partial charge in [-0.3, -0.25) is 9.97 Å². The monoisotopic (exact) mass is 411 g/mol. The van der Waals surface area contributed by atoms with E-state index in [1.165, 1.54) is 11.1 Å². The van der Waals surface area contributed by atoms with Crippen molar-refractivity contribution in [2.24, 2.45) is 0 Å². The fraction of sp³-hybridized carbons (Fsp3) is 0.125. The first kappa shape index (κ1) is 18.5. The lowest BCUT2D eigenvalue weighted by molar-refractivity contribution is 0.311. The van der Waals surface area contributed by atoms with E-state index in [1.807, 2.05) is 61.1 Å². The third-order valence-corrected chi connectivity index (χ3v) is 5.76. The van der Waals surface area contributed by atoms with E-state index in [4.69, 9.17) is 12.2 Å². The summed E-state index contributed by atoms with van der Waals surface area (Å²) in [4.78, 5) is 11.0. The molecule has 0 amide bonds. The van der Waals surface area contributed by atoms with E-state index >= 15 is 0 Å². The lowest BCUT2D eigenvalue weighted by Crippen LogP contribution is -2.29. The van der Waals surface area contributed by atoms with Crippen LogP contribution in [0, 0.1) is 0 Å². The molecule has 0 saturated carbocycles. The molecular formula is C24H21N5S. The van der Waals surface area contributed by atoms with E-state index in [1.54, 1.807) is 0 Å². The number of hydrogen-bond donors (Lipinski definition) is 1. The van der Waals surface area contributed by atoms with Crippen molar-refractivity contribution in [2.75, 3.05) is 0 Å². The molecule has 30 heavy (non-hydrogen) atoms. The van der Waals surface area contributed by atoms with Gasteiger partial charge in [-0.15, -0.1) is 0 Å². The predicted octanol–water partition coefficient (Wildman–Crippen LogP) is 4.44. The van der Waals surface area contributed by atoms with Crippen molar-refractivity contribution in [1.82, 2.24) is 24.8 Å². The molecule has 0 aliphatic carbocycles. The first-order valence-electron chi connectivity index (χ1n) is 9.90. The van der Waals surface area contributed by atoms with Gasteiger partial charge in [0.25, 0.3) is 0 Å². The fourth-order valence-corrected chi connectivity index (χ4v) is 4.28. The highest BCUT2D eigenvalue weighted by Crippen LogP contribution is 2.39. The standard InChI is InChI=1S/C24H21N5S/c30-24-27-22(21-8-4-5-12-26-21)23(29(24)16-18-9-13-25-14-10-18)19-11-15-28(17-19)20-6-2-1-3-7-20/h1-15,17,22-23H,16H2,(H,27,30). The highest BCUT2D eigenvalue weighted by Gasteiger charge is 2.40. The number of benzene rings is 1. The Bertz CT molecular complexity index is 1130. The van der Waals surface area contributed by atoms with E-state index in [2.05, 4.69) is 61.4 Å². The molecule has 1 aromatic carbocycles. The van der Waals surface area contributed by atoms with E-state index in [0.29, 0.717) is 6.54 Å². The molecule has 4 aromatic rings. The van der Waals surface area contributed by atoms with Gasteiger partial charge in [-0.1, -0.05) is 24.3 Å². The van der Waals surface area contributed by atoms with E-state index in [9.17, 15) is 0 Å². The molecular weight excluding hydrogens is 390 g/mol. The third-order valence-electron chi connectivity index (χ3n) is 5.41. The molecule has 0 bridgehead atoms. The van der Waals surface area contributed by atoms with Gasteiger partial charge in [-0.2, -0.15) is 0 Å². The van der Waals surface area contributed by atoms with Crippen LogP contribution in [0.4, 0.5) is 0 Å². The number of nitrogens with one attached hydrogen (secondary N) is 1. The topological polar surface area (TPSA) is 46.0 Å². The summed E-state index contributed by atoms with van der Waals surface area (Å²) in [6.07, 6.45) is 9.76. The Labute approximate surface area is 181 Å². The van der Waals surface area contributed by atoms with E-state index in [-0.39, 0.29) is 12.1 Å². The van der Waals surface area contributed by atoms with Gasteiger partial charge in [0.2, 0.25) is 0 Å². The summed E-state index contributed by atoms with van der Waals surface area (Å²) >= 11 is 5.76. The van der Waals surface area contributed by atoms with Crippen molar-refractivity contribution in [3.63, 3.8) is 0 Å². The summed E-state index contributed by atoms with van der Waals surface area (Å²) in [6.45, 7) is 0.707.